The van der Waals surface area contributed by atoms with Crippen molar-refractivity contribution in [3.8, 4) is 11.3 Å². The first-order chi connectivity index (χ1) is 16.4. The molecule has 186 valence electrons. The summed E-state index contributed by atoms with van der Waals surface area (Å²) in [6, 6.07) is 11.2. The van der Waals surface area contributed by atoms with Gasteiger partial charge >= 0.3 is 0 Å². The molecular weight excluding hydrogens is 482 g/mol. The highest BCUT2D eigenvalue weighted by Gasteiger charge is 2.24. The third-order valence-electron chi connectivity index (χ3n) is 5.70. The molecule has 9 heteroatoms. The molecule has 35 heavy (non-hydrogen) atoms. The van der Waals surface area contributed by atoms with Crippen LogP contribution < -0.4 is 10.6 Å². The normalized spacial score (nSPS) is 11.7. The predicted molar refractivity (Wildman–Crippen MR) is 141 cm³/mol. The number of carbonyl (C=O) groups excluding carboxylic acids is 2. The average molecular weight is 514 g/mol. The number of amides is 2. The minimum atomic E-state index is -3.55. The third kappa shape index (κ3) is 6.15. The molecule has 0 radical (unpaired) electrons. The highest BCUT2D eigenvalue weighted by atomic mass is 32.2. The number of anilines is 1. The van der Waals surface area contributed by atoms with E-state index in [1.54, 1.807) is 33.8 Å². The lowest BCUT2D eigenvalue weighted by Crippen LogP contribution is -2.33. The van der Waals surface area contributed by atoms with Crippen molar-refractivity contribution in [3.63, 3.8) is 0 Å². The van der Waals surface area contributed by atoms with E-state index in [4.69, 9.17) is 0 Å². The molecule has 0 spiro atoms. The van der Waals surface area contributed by atoms with E-state index in [1.807, 2.05) is 17.5 Å². The number of rotatable bonds is 8. The Morgan fingerprint density at radius 1 is 1.03 bits per heavy atom. The molecule has 0 aliphatic heterocycles. The summed E-state index contributed by atoms with van der Waals surface area (Å²) < 4.78 is 25.3. The van der Waals surface area contributed by atoms with Gasteiger partial charge in [0.25, 0.3) is 5.91 Å². The molecule has 2 aromatic carbocycles. The van der Waals surface area contributed by atoms with Crippen molar-refractivity contribution in [3.05, 3.63) is 64.0 Å². The van der Waals surface area contributed by atoms with E-state index in [-0.39, 0.29) is 17.0 Å². The minimum Gasteiger partial charge on any atom is -0.343 e. The zero-order valence-corrected chi connectivity index (χ0v) is 22.4. The number of thiazole rings is 1. The maximum absolute atomic E-state index is 12.8. The molecule has 0 fully saturated rings. The highest BCUT2D eigenvalue weighted by Crippen LogP contribution is 2.27. The van der Waals surface area contributed by atoms with Gasteiger partial charge in [0.1, 0.15) is 0 Å². The topological polar surface area (TPSA) is 105 Å². The molecule has 0 unspecified atom stereocenters. The number of carbonyl (C=O) groups is 2. The summed E-state index contributed by atoms with van der Waals surface area (Å²) >= 11 is 1.31. The molecule has 0 atom stereocenters. The molecule has 0 saturated heterocycles. The lowest BCUT2D eigenvalue weighted by molar-refractivity contribution is -0.115. The monoisotopic (exact) mass is 513 g/mol. The SMILES string of the molecule is Cc1cc(C)c(S(=O)(=O)C(C)C)cc1C(=O)NCC(=O)Nc1nc(-c2cccc(C(C)C)c2)cs1. The smallest absolute Gasteiger partial charge is 0.252 e. The van der Waals surface area contributed by atoms with E-state index in [9.17, 15) is 18.0 Å². The van der Waals surface area contributed by atoms with Crippen molar-refractivity contribution < 1.29 is 18.0 Å². The van der Waals surface area contributed by atoms with Crippen molar-refractivity contribution in [2.75, 3.05) is 11.9 Å². The molecule has 2 amide bonds. The second-order valence-electron chi connectivity index (χ2n) is 9.08. The van der Waals surface area contributed by atoms with Gasteiger partial charge in [-0.2, -0.15) is 0 Å². The quantitative estimate of drug-likeness (QED) is 0.436. The maximum atomic E-state index is 12.8. The Bertz CT molecular complexity index is 1360. The molecule has 1 aromatic heterocycles. The van der Waals surface area contributed by atoms with Crippen LogP contribution >= 0.6 is 11.3 Å². The largest absolute Gasteiger partial charge is 0.343 e. The summed E-state index contributed by atoms with van der Waals surface area (Å²) in [7, 11) is -3.55. The Morgan fingerprint density at radius 2 is 1.74 bits per heavy atom. The van der Waals surface area contributed by atoms with Crippen LogP contribution in [0, 0.1) is 13.8 Å². The number of aryl methyl sites for hydroxylation is 2. The van der Waals surface area contributed by atoms with Gasteiger partial charge in [0.2, 0.25) is 5.91 Å². The molecular formula is C26H31N3O4S2. The van der Waals surface area contributed by atoms with E-state index in [0.29, 0.717) is 22.2 Å². The number of aromatic nitrogens is 1. The van der Waals surface area contributed by atoms with Crippen molar-refractivity contribution in [1.29, 1.82) is 0 Å². The fourth-order valence-electron chi connectivity index (χ4n) is 3.58. The Kier molecular flexibility index (Phi) is 8.12. The first-order valence-corrected chi connectivity index (χ1v) is 13.8. The summed E-state index contributed by atoms with van der Waals surface area (Å²) in [4.78, 5) is 29.8. The van der Waals surface area contributed by atoms with E-state index in [1.165, 1.54) is 23.0 Å². The zero-order valence-electron chi connectivity index (χ0n) is 20.8. The molecule has 2 N–H and O–H groups in total. The first-order valence-electron chi connectivity index (χ1n) is 11.4. The van der Waals surface area contributed by atoms with Crippen LogP contribution in [-0.2, 0) is 14.6 Å². The number of nitrogens with zero attached hydrogens (tertiary/aromatic N) is 1. The second kappa shape index (κ2) is 10.7. The molecule has 7 nitrogen and oxygen atoms in total. The lowest BCUT2D eigenvalue weighted by atomic mass is 10.0. The summed E-state index contributed by atoms with van der Waals surface area (Å²) in [5, 5.41) is 6.99. The summed E-state index contributed by atoms with van der Waals surface area (Å²) in [5.41, 5.74) is 4.40. The van der Waals surface area contributed by atoms with Crippen molar-refractivity contribution in [1.82, 2.24) is 10.3 Å². The van der Waals surface area contributed by atoms with Gasteiger partial charge in [0, 0.05) is 16.5 Å². The fourth-order valence-corrected chi connectivity index (χ4v) is 5.61. The molecule has 1 heterocycles. The van der Waals surface area contributed by atoms with Crippen LogP contribution in [0.2, 0.25) is 0 Å². The van der Waals surface area contributed by atoms with Gasteiger partial charge in [0.15, 0.2) is 15.0 Å². The molecule has 0 aliphatic carbocycles. The fraction of sp³-hybridized carbons (Fsp3) is 0.346. The molecule has 0 aliphatic rings. The molecule has 3 rings (SSSR count). The van der Waals surface area contributed by atoms with Crippen LogP contribution in [0.4, 0.5) is 5.13 Å². The Morgan fingerprint density at radius 3 is 2.40 bits per heavy atom. The minimum absolute atomic E-state index is 0.129. The second-order valence-corrected chi connectivity index (χ2v) is 12.4. The van der Waals surface area contributed by atoms with Crippen molar-refractivity contribution in [2.24, 2.45) is 0 Å². The van der Waals surface area contributed by atoms with Crippen molar-refractivity contribution >= 4 is 38.1 Å². The van der Waals surface area contributed by atoms with E-state index >= 15 is 0 Å². The summed E-state index contributed by atoms with van der Waals surface area (Å²) in [6.45, 7) is 10.6. The Labute approximate surface area is 210 Å². The summed E-state index contributed by atoms with van der Waals surface area (Å²) in [5.74, 6) is -0.534. The van der Waals surface area contributed by atoms with Gasteiger partial charge in [-0.25, -0.2) is 13.4 Å². The van der Waals surface area contributed by atoms with Crippen molar-refractivity contribution in [2.45, 2.75) is 57.6 Å². The van der Waals surface area contributed by atoms with Gasteiger partial charge in [0.05, 0.1) is 22.4 Å². The first kappa shape index (κ1) is 26.6. The predicted octanol–water partition coefficient (Wildman–Crippen LogP) is 5.10. The number of benzene rings is 2. The molecule has 0 bridgehead atoms. The number of hydrogen-bond acceptors (Lipinski definition) is 6. The number of nitrogens with one attached hydrogen (secondary N) is 2. The van der Waals surface area contributed by atoms with Crippen LogP contribution in [0.1, 0.15) is 60.7 Å². The van der Waals surface area contributed by atoms with Crippen LogP contribution in [0.15, 0.2) is 46.7 Å². The Hall–Kier alpha value is -3.04. The Balaban J connectivity index is 1.67. The van der Waals surface area contributed by atoms with Gasteiger partial charge < -0.3 is 10.6 Å². The van der Waals surface area contributed by atoms with Gasteiger partial charge in [-0.3, -0.25) is 9.59 Å². The van der Waals surface area contributed by atoms with E-state index in [0.717, 1.165) is 11.3 Å². The van der Waals surface area contributed by atoms with Gasteiger partial charge in [-0.1, -0.05) is 38.1 Å². The summed E-state index contributed by atoms with van der Waals surface area (Å²) in [6.07, 6.45) is 0. The highest BCUT2D eigenvalue weighted by molar-refractivity contribution is 7.92. The third-order valence-corrected chi connectivity index (χ3v) is 8.75. The molecule has 0 saturated carbocycles. The molecule has 3 aromatic rings. The van der Waals surface area contributed by atoms with Crippen LogP contribution in [0.3, 0.4) is 0 Å². The van der Waals surface area contributed by atoms with E-state index in [2.05, 4.69) is 41.6 Å². The van der Waals surface area contributed by atoms with Crippen LogP contribution in [0.5, 0.6) is 0 Å². The van der Waals surface area contributed by atoms with Crippen LogP contribution in [0.25, 0.3) is 11.3 Å². The standard InChI is InChI=1S/C26H31N3O4S2/c1-15(2)19-8-7-9-20(11-19)22-14-34-26(28-22)29-24(30)13-27-25(31)21-12-23(18(6)10-17(21)5)35(32,33)16(3)4/h7-12,14-16H,13H2,1-6H3,(H,27,31)(H,28,29,30). The average Bonchev–Trinajstić information content (AvgIpc) is 3.25. The number of hydrogen-bond donors (Lipinski definition) is 2. The lowest BCUT2D eigenvalue weighted by Gasteiger charge is -2.14. The zero-order chi connectivity index (χ0) is 25.9. The van der Waals surface area contributed by atoms with Gasteiger partial charge in [-0.05, 0) is 62.4 Å². The van der Waals surface area contributed by atoms with Gasteiger partial charge in [-0.15, -0.1) is 11.3 Å². The van der Waals surface area contributed by atoms with E-state index < -0.39 is 26.9 Å². The van der Waals surface area contributed by atoms with Crippen LogP contribution in [-0.4, -0.2) is 37.0 Å². The maximum Gasteiger partial charge on any atom is 0.252 e. The number of sulfone groups is 1.